The monoisotopic (exact) mass is 268 g/mol. The Morgan fingerprint density at radius 1 is 0.812 bits per heavy atom. The molecule has 4 N–H and O–H groups in total. The molecule has 1 aromatic rings. The van der Waals surface area contributed by atoms with Gasteiger partial charge in [0.25, 0.3) is 0 Å². The van der Waals surface area contributed by atoms with Crippen LogP contribution in [0.4, 0.5) is 11.4 Å². The molecular weight excluding hydrogens is 260 g/mol. The second-order valence-electron chi connectivity index (χ2n) is 2.70. The number of para-hydroxylation sites is 2. The summed E-state index contributed by atoms with van der Waals surface area (Å²) < 4.78 is 62.4. The van der Waals surface area contributed by atoms with Crippen LogP contribution in [0.2, 0.25) is 0 Å². The summed E-state index contributed by atoms with van der Waals surface area (Å²) in [6.45, 7) is 0. The largest absolute Gasteiger partial charge is 0.357 e. The predicted molar refractivity (Wildman–Crippen MR) is 56.8 cm³/mol. The molecule has 0 aromatic heterocycles. The molecular formula is C6H8N2O6S2. The summed E-state index contributed by atoms with van der Waals surface area (Å²) in [6.07, 6.45) is 0. The number of hydrogen-bond donors (Lipinski definition) is 4. The first-order chi connectivity index (χ1) is 7.17. The Morgan fingerprint density at radius 2 is 1.12 bits per heavy atom. The highest BCUT2D eigenvalue weighted by Gasteiger charge is 2.11. The normalized spacial score (nSPS) is 12.1. The number of anilines is 2. The minimum Gasteiger partial charge on any atom is -0.269 e. The van der Waals surface area contributed by atoms with Crippen LogP contribution in [0.15, 0.2) is 24.3 Å². The smallest absolute Gasteiger partial charge is 0.269 e. The zero-order valence-electron chi connectivity index (χ0n) is 7.65. The summed E-state index contributed by atoms with van der Waals surface area (Å²) >= 11 is 0. The molecule has 0 aliphatic carbocycles. The molecule has 1 rings (SSSR count). The van der Waals surface area contributed by atoms with E-state index in [1.54, 1.807) is 9.44 Å². The molecule has 0 atom stereocenters. The highest BCUT2D eigenvalue weighted by Crippen LogP contribution is 2.22. The fourth-order valence-corrected chi connectivity index (χ4v) is 1.85. The average molecular weight is 268 g/mol. The van der Waals surface area contributed by atoms with Gasteiger partial charge >= 0.3 is 20.6 Å². The number of benzene rings is 1. The van der Waals surface area contributed by atoms with Crippen LogP contribution in [-0.4, -0.2) is 25.9 Å². The molecule has 1 aromatic carbocycles. The van der Waals surface area contributed by atoms with E-state index >= 15 is 0 Å². The van der Waals surface area contributed by atoms with Gasteiger partial charge in [-0.15, -0.1) is 0 Å². The zero-order valence-corrected chi connectivity index (χ0v) is 9.29. The summed E-state index contributed by atoms with van der Waals surface area (Å²) in [7, 11) is -9.04. The van der Waals surface area contributed by atoms with E-state index in [4.69, 9.17) is 9.11 Å². The molecule has 90 valence electrons. The molecule has 10 heteroatoms. The van der Waals surface area contributed by atoms with Gasteiger partial charge in [0, 0.05) is 0 Å². The van der Waals surface area contributed by atoms with Crippen molar-refractivity contribution in [1.29, 1.82) is 0 Å². The molecule has 0 radical (unpaired) electrons. The summed E-state index contributed by atoms with van der Waals surface area (Å²) in [4.78, 5) is 0. The van der Waals surface area contributed by atoms with Crippen LogP contribution in [0.25, 0.3) is 0 Å². The van der Waals surface area contributed by atoms with Crippen molar-refractivity contribution < 1.29 is 25.9 Å². The molecule has 0 amide bonds. The lowest BCUT2D eigenvalue weighted by molar-refractivity contribution is 0.486. The molecule has 16 heavy (non-hydrogen) atoms. The van der Waals surface area contributed by atoms with Crippen LogP contribution in [-0.2, 0) is 20.6 Å². The van der Waals surface area contributed by atoms with Gasteiger partial charge < -0.3 is 0 Å². The predicted octanol–water partition coefficient (Wildman–Crippen LogP) is 0.116. The van der Waals surface area contributed by atoms with Crippen molar-refractivity contribution in [3.8, 4) is 0 Å². The van der Waals surface area contributed by atoms with Gasteiger partial charge in [0.15, 0.2) is 0 Å². The maximum absolute atomic E-state index is 10.5. The molecule has 0 fully saturated rings. The summed E-state index contributed by atoms with van der Waals surface area (Å²) in [5.41, 5.74) is -0.440. The quantitative estimate of drug-likeness (QED) is 0.573. The van der Waals surface area contributed by atoms with Crippen molar-refractivity contribution in [1.82, 2.24) is 0 Å². The molecule has 0 bridgehead atoms. The van der Waals surface area contributed by atoms with E-state index in [2.05, 4.69) is 0 Å². The maximum Gasteiger partial charge on any atom is 0.357 e. The third-order valence-electron chi connectivity index (χ3n) is 1.40. The first-order valence-electron chi connectivity index (χ1n) is 3.77. The van der Waals surface area contributed by atoms with Crippen molar-refractivity contribution in [3.05, 3.63) is 24.3 Å². The lowest BCUT2D eigenvalue weighted by Crippen LogP contribution is -2.15. The van der Waals surface area contributed by atoms with Crippen molar-refractivity contribution >= 4 is 32.0 Å². The Bertz CT molecular complexity index is 526. The summed E-state index contributed by atoms with van der Waals surface area (Å²) in [6, 6.07) is 5.20. The fraction of sp³-hybridized carbons (Fsp3) is 0. The topological polar surface area (TPSA) is 133 Å². The van der Waals surface area contributed by atoms with Crippen molar-refractivity contribution in [2.24, 2.45) is 0 Å². The van der Waals surface area contributed by atoms with E-state index < -0.39 is 20.6 Å². The lowest BCUT2D eigenvalue weighted by Gasteiger charge is -2.09. The highest BCUT2D eigenvalue weighted by atomic mass is 32.2. The number of nitrogens with one attached hydrogen (secondary N) is 2. The van der Waals surface area contributed by atoms with E-state index in [0.29, 0.717) is 0 Å². The molecule has 0 spiro atoms. The molecule has 8 nitrogen and oxygen atoms in total. The third-order valence-corrected chi connectivity index (χ3v) is 2.36. The molecule has 0 saturated carbocycles. The van der Waals surface area contributed by atoms with Crippen molar-refractivity contribution in [2.45, 2.75) is 0 Å². The van der Waals surface area contributed by atoms with Gasteiger partial charge in [-0.05, 0) is 12.1 Å². The minimum atomic E-state index is -4.52. The zero-order chi connectivity index (χ0) is 12.4. The van der Waals surface area contributed by atoms with Crippen LogP contribution in [0.3, 0.4) is 0 Å². The number of hydrogen-bond acceptors (Lipinski definition) is 4. The Morgan fingerprint density at radius 3 is 1.38 bits per heavy atom. The highest BCUT2D eigenvalue weighted by molar-refractivity contribution is 7.87. The molecule has 0 saturated heterocycles. The summed E-state index contributed by atoms with van der Waals surface area (Å²) in [5.74, 6) is 0. The number of rotatable bonds is 4. The van der Waals surface area contributed by atoms with E-state index in [9.17, 15) is 16.8 Å². The first-order valence-corrected chi connectivity index (χ1v) is 6.65. The average Bonchev–Trinajstić information content (AvgIpc) is 2.03. The van der Waals surface area contributed by atoms with Gasteiger partial charge in [0.2, 0.25) is 0 Å². The van der Waals surface area contributed by atoms with Crippen LogP contribution < -0.4 is 9.44 Å². The Labute approximate surface area is 92.1 Å². The molecule has 0 aliphatic heterocycles. The van der Waals surface area contributed by atoms with Gasteiger partial charge in [-0.3, -0.25) is 18.5 Å². The Kier molecular flexibility index (Phi) is 3.38. The van der Waals surface area contributed by atoms with E-state index in [-0.39, 0.29) is 11.4 Å². The van der Waals surface area contributed by atoms with Crippen LogP contribution >= 0.6 is 0 Å². The standard InChI is InChI=1S/C6H8N2O6S2/c9-15(10,11)7-5-3-1-2-4-6(5)8-16(12,13)14/h1-4,7-8H,(H,9,10,11)(H,12,13,14). The van der Waals surface area contributed by atoms with Crippen LogP contribution in [0.5, 0.6) is 0 Å². The second-order valence-corrected chi connectivity index (χ2v) is 5.01. The fourth-order valence-electron chi connectivity index (χ4n) is 0.939. The third kappa shape index (κ3) is 4.44. The van der Waals surface area contributed by atoms with Crippen LogP contribution in [0, 0.1) is 0 Å². The van der Waals surface area contributed by atoms with Crippen molar-refractivity contribution in [3.63, 3.8) is 0 Å². The second kappa shape index (κ2) is 4.25. The van der Waals surface area contributed by atoms with Gasteiger partial charge in [0.05, 0.1) is 11.4 Å². The molecule has 0 aliphatic rings. The van der Waals surface area contributed by atoms with Gasteiger partial charge in [0.1, 0.15) is 0 Å². The van der Waals surface area contributed by atoms with E-state index in [1.165, 1.54) is 24.3 Å². The Balaban J connectivity index is 3.11. The lowest BCUT2D eigenvalue weighted by atomic mass is 10.3. The van der Waals surface area contributed by atoms with Gasteiger partial charge in [-0.1, -0.05) is 12.1 Å². The first kappa shape index (κ1) is 12.7. The van der Waals surface area contributed by atoms with Crippen LogP contribution in [0.1, 0.15) is 0 Å². The Hall–Kier alpha value is -1.36. The van der Waals surface area contributed by atoms with Gasteiger partial charge in [-0.25, -0.2) is 0 Å². The van der Waals surface area contributed by atoms with E-state index in [1.807, 2.05) is 0 Å². The summed E-state index contributed by atoms with van der Waals surface area (Å²) in [5, 5.41) is 0. The van der Waals surface area contributed by atoms with Crippen molar-refractivity contribution in [2.75, 3.05) is 9.44 Å². The SMILES string of the molecule is O=S(=O)(O)Nc1ccccc1NS(=O)(=O)O. The minimum absolute atomic E-state index is 0.220. The molecule has 0 unspecified atom stereocenters. The van der Waals surface area contributed by atoms with E-state index in [0.717, 1.165) is 0 Å². The van der Waals surface area contributed by atoms with Gasteiger partial charge in [-0.2, -0.15) is 16.8 Å². The molecule has 0 heterocycles. The maximum atomic E-state index is 10.5.